The molecule has 0 saturated carbocycles. The largest absolute Gasteiger partial charge is 0.311 e. The first kappa shape index (κ1) is 26.9. The summed E-state index contributed by atoms with van der Waals surface area (Å²) in [5, 5.41) is 2.47. The van der Waals surface area contributed by atoms with Crippen LogP contribution in [0.15, 0.2) is 170 Å². The topological polar surface area (TPSA) is 8.17 Å². The minimum atomic E-state index is -0.163. The average Bonchev–Trinajstić information content (AvgIpc) is 3.64. The molecule has 2 nitrogen and oxygen atoms in total. The van der Waals surface area contributed by atoms with E-state index in [1.165, 1.54) is 38.5 Å². The van der Waals surface area contributed by atoms with Gasteiger partial charge in [-0.25, -0.2) is 0 Å². The quantitative estimate of drug-likeness (QED) is 0.166. The zero-order valence-corrected chi connectivity index (χ0v) is 27.6. The van der Waals surface area contributed by atoms with E-state index < -0.39 is 0 Å². The Labute approximate surface area is 290 Å². The maximum Gasteiger partial charge on any atom is 0.0629 e. The van der Waals surface area contributed by atoms with Crippen LogP contribution < -0.4 is 4.90 Å². The summed E-state index contributed by atoms with van der Waals surface area (Å²) in [4.78, 5) is 2.20. The van der Waals surface area contributed by atoms with Gasteiger partial charge < -0.3 is 9.47 Å². The fourth-order valence-electron chi connectivity index (χ4n) is 7.71. The van der Waals surface area contributed by atoms with Gasteiger partial charge in [0.2, 0.25) is 0 Å². The highest BCUT2D eigenvalue weighted by atomic mass is 15.1. The first-order valence-corrected chi connectivity index (χ1v) is 16.9. The van der Waals surface area contributed by atoms with Gasteiger partial charge in [0.05, 0.1) is 13.8 Å². The zero-order chi connectivity index (χ0) is 34.7. The number of anilines is 3. The summed E-state index contributed by atoms with van der Waals surface area (Å²) in [6, 6.07) is 59.0. The van der Waals surface area contributed by atoms with Gasteiger partial charge >= 0.3 is 0 Å². The molecule has 0 radical (unpaired) electrons. The number of aromatic nitrogens is 1. The van der Waals surface area contributed by atoms with E-state index in [1.807, 2.05) is 72.8 Å². The molecule has 0 atom stereocenters. The van der Waals surface area contributed by atoms with Gasteiger partial charge in [-0.1, -0.05) is 141 Å². The molecule has 0 fully saturated rings. The van der Waals surface area contributed by atoms with Crippen LogP contribution in [0.2, 0.25) is 0 Å². The van der Waals surface area contributed by atoms with E-state index in [-0.39, 0.29) is 17.5 Å². The Hall–Kier alpha value is -6.12. The number of hydrogen-bond donors (Lipinski definition) is 0. The van der Waals surface area contributed by atoms with E-state index >= 15 is 0 Å². The van der Waals surface area contributed by atoms with Crippen LogP contribution in [0.3, 0.4) is 0 Å². The summed E-state index contributed by atoms with van der Waals surface area (Å²) in [5.74, 6) is 0. The lowest BCUT2D eigenvalue weighted by molar-refractivity contribution is 0.664. The Morgan fingerprint density at radius 2 is 1.06 bits per heavy atom. The third-order valence-corrected chi connectivity index (χ3v) is 9.98. The van der Waals surface area contributed by atoms with Crippen LogP contribution in [0.4, 0.5) is 17.1 Å². The van der Waals surface area contributed by atoms with Crippen LogP contribution in [0, 0.1) is 0 Å². The SMILES string of the molecule is [2H]/C(=C(/[2H])c1ccc(-n2c3ccccc3c3ccc4c(c32)C(C)(C)c2ccccc2-4)cc1)c1ccc(N(c2ccccc2)c2ccccc2)cc1. The molecule has 0 aliphatic heterocycles. The third-order valence-electron chi connectivity index (χ3n) is 9.98. The normalized spacial score (nSPS) is 14.2. The summed E-state index contributed by atoms with van der Waals surface area (Å²) in [6.07, 6.45) is 0. The third kappa shape index (κ3) is 4.79. The van der Waals surface area contributed by atoms with E-state index in [4.69, 9.17) is 2.74 Å². The summed E-state index contributed by atoms with van der Waals surface area (Å²) < 4.78 is 20.5. The standard InChI is InChI=1S/C47H36N2/c1-47(2)43-19-11-9-17-39(43)41-31-32-42-40-18-10-12-20-44(40)49(46(42)45(41)47)38-29-25-34(26-30-38)22-21-33-23-27-37(28-24-33)48(35-13-5-3-6-14-35)36-15-7-4-8-16-36/h3-32H,1-2H3/b22-21+/i21D,22D. The summed E-state index contributed by atoms with van der Waals surface area (Å²) in [7, 11) is 0. The fraction of sp³-hybridized carbons (Fsp3) is 0.0638. The smallest absolute Gasteiger partial charge is 0.0629 e. The molecule has 0 unspecified atom stereocenters. The molecule has 0 saturated heterocycles. The second kappa shape index (κ2) is 11.5. The van der Waals surface area contributed by atoms with Crippen molar-refractivity contribution in [3.63, 3.8) is 0 Å². The van der Waals surface area contributed by atoms with Gasteiger partial charge in [0.1, 0.15) is 0 Å². The van der Waals surface area contributed by atoms with Gasteiger partial charge in [0, 0.05) is 38.9 Å². The van der Waals surface area contributed by atoms with E-state index in [2.05, 4.69) is 120 Å². The Balaban J connectivity index is 1.10. The van der Waals surface area contributed by atoms with Gasteiger partial charge in [-0.15, -0.1) is 0 Å². The molecule has 1 aliphatic rings. The molecule has 0 spiro atoms. The molecule has 1 aliphatic carbocycles. The van der Waals surface area contributed by atoms with Crippen molar-refractivity contribution >= 4 is 51.0 Å². The van der Waals surface area contributed by atoms with E-state index in [0.717, 1.165) is 28.3 Å². The van der Waals surface area contributed by atoms with Gasteiger partial charge in [-0.05, 0) is 88.0 Å². The van der Waals surface area contributed by atoms with E-state index in [0.29, 0.717) is 11.1 Å². The highest BCUT2D eigenvalue weighted by Crippen LogP contribution is 2.52. The molecule has 49 heavy (non-hydrogen) atoms. The van der Waals surface area contributed by atoms with E-state index in [1.54, 1.807) is 0 Å². The molecule has 1 heterocycles. The predicted molar refractivity (Wildman–Crippen MR) is 208 cm³/mol. The molecule has 0 N–H and O–H groups in total. The van der Waals surface area contributed by atoms with Crippen LogP contribution in [-0.2, 0) is 5.41 Å². The van der Waals surface area contributed by atoms with Crippen LogP contribution in [-0.4, -0.2) is 4.57 Å². The van der Waals surface area contributed by atoms with Crippen LogP contribution in [0.1, 0.15) is 38.8 Å². The number of hydrogen-bond acceptors (Lipinski definition) is 1. The first-order valence-electron chi connectivity index (χ1n) is 17.9. The monoisotopic (exact) mass is 630 g/mol. The van der Waals surface area contributed by atoms with Crippen molar-refractivity contribution in [3.8, 4) is 16.8 Å². The van der Waals surface area contributed by atoms with Crippen molar-refractivity contribution in [1.82, 2.24) is 4.57 Å². The van der Waals surface area contributed by atoms with Crippen LogP contribution >= 0.6 is 0 Å². The lowest BCUT2D eigenvalue weighted by Crippen LogP contribution is -2.16. The van der Waals surface area contributed by atoms with Gasteiger partial charge in [0.15, 0.2) is 0 Å². The first-order chi connectivity index (χ1) is 24.9. The zero-order valence-electron chi connectivity index (χ0n) is 29.6. The van der Waals surface area contributed by atoms with Crippen molar-refractivity contribution in [2.45, 2.75) is 19.3 Å². The van der Waals surface area contributed by atoms with Crippen molar-refractivity contribution < 1.29 is 2.74 Å². The van der Waals surface area contributed by atoms with Gasteiger partial charge in [0.25, 0.3) is 0 Å². The molecule has 7 aromatic carbocycles. The second-order valence-electron chi connectivity index (χ2n) is 13.3. The summed E-state index contributed by atoms with van der Waals surface area (Å²) >= 11 is 0. The molecular formula is C47H36N2. The maximum absolute atomic E-state index is 9.07. The van der Waals surface area contributed by atoms with Gasteiger partial charge in [-0.3, -0.25) is 0 Å². The molecule has 8 aromatic rings. The molecule has 234 valence electrons. The van der Waals surface area contributed by atoms with Crippen molar-refractivity contribution in [3.05, 3.63) is 192 Å². The molecule has 0 amide bonds. The Bertz CT molecular complexity index is 2560. The number of nitrogens with zero attached hydrogens (tertiary/aromatic N) is 2. The minimum Gasteiger partial charge on any atom is -0.311 e. The van der Waals surface area contributed by atoms with Crippen LogP contribution in [0.25, 0.3) is 50.7 Å². The summed E-state index contributed by atoms with van der Waals surface area (Å²) in [6.45, 7) is 4.67. The lowest BCUT2D eigenvalue weighted by Gasteiger charge is -2.25. The van der Waals surface area contributed by atoms with Gasteiger partial charge in [-0.2, -0.15) is 0 Å². The Morgan fingerprint density at radius 1 is 0.510 bits per heavy atom. The Kier molecular flexibility index (Phi) is 6.33. The molecule has 1 aromatic heterocycles. The number of rotatable bonds is 6. The van der Waals surface area contributed by atoms with E-state index in [9.17, 15) is 0 Å². The Morgan fingerprint density at radius 3 is 1.73 bits per heavy atom. The average molecular weight is 631 g/mol. The highest BCUT2D eigenvalue weighted by molar-refractivity contribution is 6.13. The van der Waals surface area contributed by atoms with Crippen molar-refractivity contribution in [1.29, 1.82) is 0 Å². The minimum absolute atomic E-state index is 0.163. The molecule has 9 rings (SSSR count). The fourth-order valence-corrected chi connectivity index (χ4v) is 7.71. The predicted octanol–water partition coefficient (Wildman–Crippen LogP) is 12.7. The number of benzene rings is 7. The number of para-hydroxylation sites is 3. The summed E-state index contributed by atoms with van der Waals surface area (Å²) in [5.41, 5.74) is 13.1. The van der Waals surface area contributed by atoms with Crippen molar-refractivity contribution in [2.24, 2.45) is 0 Å². The molecular weight excluding hydrogens is 593 g/mol. The lowest BCUT2D eigenvalue weighted by atomic mass is 9.81. The highest BCUT2D eigenvalue weighted by Gasteiger charge is 2.38. The number of fused-ring (bicyclic) bond motifs is 7. The van der Waals surface area contributed by atoms with Crippen molar-refractivity contribution in [2.75, 3.05) is 4.90 Å². The van der Waals surface area contributed by atoms with Crippen LogP contribution in [0.5, 0.6) is 0 Å². The molecule has 2 heteroatoms. The molecule has 0 bridgehead atoms. The second-order valence-corrected chi connectivity index (χ2v) is 13.3. The maximum atomic E-state index is 9.07.